The van der Waals surface area contributed by atoms with Crippen molar-refractivity contribution in [1.29, 1.82) is 0 Å². The Kier molecular flexibility index (Phi) is 7.17. The van der Waals surface area contributed by atoms with E-state index in [0.717, 1.165) is 40.0 Å². The van der Waals surface area contributed by atoms with Gasteiger partial charge in [0, 0.05) is 42.7 Å². The van der Waals surface area contributed by atoms with E-state index >= 15 is 0 Å². The molecule has 3 atom stereocenters. The SMILES string of the molecule is COc1ccc2cccc([C@@H](O)CN3CC[C@@H](NCc4ccc5c(n4)NC(=O)CS5)[C@H](O)C3)c2n1. The minimum Gasteiger partial charge on any atom is -0.481 e. The summed E-state index contributed by atoms with van der Waals surface area (Å²) in [5, 5.41) is 28.9. The summed E-state index contributed by atoms with van der Waals surface area (Å²) in [7, 11) is 1.57. The van der Waals surface area contributed by atoms with Crippen molar-refractivity contribution in [1.82, 2.24) is 20.2 Å². The van der Waals surface area contributed by atoms with Crippen molar-refractivity contribution in [2.75, 3.05) is 37.8 Å². The lowest BCUT2D eigenvalue weighted by Crippen LogP contribution is -2.53. The Balaban J connectivity index is 1.17. The van der Waals surface area contributed by atoms with Gasteiger partial charge in [0.25, 0.3) is 0 Å². The van der Waals surface area contributed by atoms with Gasteiger partial charge in [-0.1, -0.05) is 18.2 Å². The van der Waals surface area contributed by atoms with E-state index in [0.29, 0.717) is 37.1 Å². The van der Waals surface area contributed by atoms with Gasteiger partial charge in [0.2, 0.25) is 11.8 Å². The minimum atomic E-state index is -0.734. The second kappa shape index (κ2) is 10.5. The zero-order valence-electron chi connectivity index (χ0n) is 19.5. The molecular weight excluding hydrogens is 466 g/mol. The number of nitrogens with zero attached hydrogens (tertiary/aromatic N) is 3. The number of benzene rings is 1. The average molecular weight is 496 g/mol. The van der Waals surface area contributed by atoms with Gasteiger partial charge in [-0.05, 0) is 31.2 Å². The number of piperidine rings is 1. The van der Waals surface area contributed by atoms with Crippen molar-refractivity contribution in [3.63, 3.8) is 0 Å². The molecule has 9 nitrogen and oxygen atoms in total. The molecule has 0 unspecified atom stereocenters. The summed E-state index contributed by atoms with van der Waals surface area (Å²) in [6.45, 7) is 2.12. The number of methoxy groups -OCH3 is 1. The number of aliphatic hydroxyl groups excluding tert-OH is 2. The molecule has 1 amide bonds. The van der Waals surface area contributed by atoms with Crippen LogP contribution in [0.3, 0.4) is 0 Å². The number of hydrogen-bond donors (Lipinski definition) is 4. The molecule has 3 aromatic rings. The normalized spacial score (nSPS) is 21.4. The number of aliphatic hydroxyl groups is 2. The van der Waals surface area contributed by atoms with Crippen molar-refractivity contribution in [3.8, 4) is 5.88 Å². The molecule has 0 bridgehead atoms. The molecule has 4 heterocycles. The Morgan fingerprint density at radius 2 is 2.14 bits per heavy atom. The topological polar surface area (TPSA) is 120 Å². The first-order valence-electron chi connectivity index (χ1n) is 11.7. The zero-order chi connectivity index (χ0) is 24.4. The van der Waals surface area contributed by atoms with Crippen LogP contribution in [0.1, 0.15) is 23.8 Å². The molecule has 0 saturated carbocycles. The fraction of sp³-hybridized carbons (Fsp3) is 0.400. The third-order valence-corrected chi connectivity index (χ3v) is 7.52. The smallest absolute Gasteiger partial charge is 0.235 e. The van der Waals surface area contributed by atoms with E-state index in [-0.39, 0.29) is 11.9 Å². The first kappa shape index (κ1) is 24.0. The van der Waals surface area contributed by atoms with E-state index in [9.17, 15) is 15.0 Å². The molecule has 0 aliphatic carbocycles. The van der Waals surface area contributed by atoms with Gasteiger partial charge >= 0.3 is 0 Å². The Morgan fingerprint density at radius 1 is 1.26 bits per heavy atom. The number of amides is 1. The second-order valence-electron chi connectivity index (χ2n) is 8.88. The Hall–Kier alpha value is -2.76. The molecule has 0 radical (unpaired) electrons. The summed E-state index contributed by atoms with van der Waals surface area (Å²) in [5.74, 6) is 1.49. The molecule has 2 aromatic heterocycles. The first-order valence-corrected chi connectivity index (χ1v) is 12.7. The van der Waals surface area contributed by atoms with Gasteiger partial charge in [-0.3, -0.25) is 9.69 Å². The standard InChI is InChI=1S/C25H29N5O4S/c1-34-23-8-5-15-3-2-4-17(24(15)29-23)19(31)12-30-10-9-18(20(32)13-30)26-11-16-6-7-21-25(27-16)28-22(33)14-35-21/h2-8,18-20,26,31-32H,9-14H2,1H3,(H,27,28,33)/t18-,19+,20-/m1/s1. The highest BCUT2D eigenvalue weighted by Gasteiger charge is 2.29. The zero-order valence-corrected chi connectivity index (χ0v) is 20.3. The summed E-state index contributed by atoms with van der Waals surface area (Å²) in [6, 6.07) is 13.3. The van der Waals surface area contributed by atoms with Crippen LogP contribution in [0.2, 0.25) is 0 Å². The highest BCUT2D eigenvalue weighted by molar-refractivity contribution is 8.00. The molecule has 1 saturated heterocycles. The number of hydrogen-bond acceptors (Lipinski definition) is 9. The third-order valence-electron chi connectivity index (χ3n) is 6.47. The number of β-amino-alcohol motifs (C(OH)–C–C–N with tert-alkyl or cyclic N) is 2. The van der Waals surface area contributed by atoms with Gasteiger partial charge in [0.1, 0.15) is 5.82 Å². The molecule has 0 spiro atoms. The number of pyridine rings is 2. The highest BCUT2D eigenvalue weighted by Crippen LogP contribution is 2.30. The van der Waals surface area contributed by atoms with Crippen molar-refractivity contribution >= 4 is 34.4 Å². The van der Waals surface area contributed by atoms with Crippen LogP contribution in [0.4, 0.5) is 5.82 Å². The summed E-state index contributed by atoms with van der Waals surface area (Å²) >= 11 is 1.49. The number of nitrogens with one attached hydrogen (secondary N) is 2. The Bertz CT molecular complexity index is 1230. The Labute approximate surface area is 207 Å². The number of carbonyl (C=O) groups is 1. The van der Waals surface area contributed by atoms with Crippen LogP contribution in [0.15, 0.2) is 47.4 Å². The summed E-state index contributed by atoms with van der Waals surface area (Å²) in [4.78, 5) is 23.7. The number of likely N-dealkylation sites (tertiary alicyclic amines) is 1. The number of anilines is 1. The average Bonchev–Trinajstić information content (AvgIpc) is 2.87. The number of rotatable bonds is 7. The van der Waals surface area contributed by atoms with Crippen LogP contribution in [0.25, 0.3) is 10.9 Å². The molecule has 184 valence electrons. The largest absolute Gasteiger partial charge is 0.481 e. The van der Waals surface area contributed by atoms with Gasteiger partial charge < -0.3 is 25.6 Å². The predicted molar refractivity (Wildman–Crippen MR) is 135 cm³/mol. The Morgan fingerprint density at radius 3 is 2.97 bits per heavy atom. The second-order valence-corrected chi connectivity index (χ2v) is 9.89. The quantitative estimate of drug-likeness (QED) is 0.390. The predicted octanol–water partition coefficient (Wildman–Crippen LogP) is 1.94. The maximum Gasteiger partial charge on any atom is 0.235 e. The monoisotopic (exact) mass is 495 g/mol. The van der Waals surface area contributed by atoms with Crippen LogP contribution >= 0.6 is 11.8 Å². The molecular formula is C25H29N5O4S. The first-order chi connectivity index (χ1) is 17.0. The summed E-state index contributed by atoms with van der Waals surface area (Å²) in [5.41, 5.74) is 2.29. The van der Waals surface area contributed by atoms with Gasteiger partial charge in [0.05, 0.1) is 41.2 Å². The van der Waals surface area contributed by atoms with E-state index in [4.69, 9.17) is 4.74 Å². The molecule has 2 aliphatic heterocycles. The third kappa shape index (κ3) is 5.41. The van der Waals surface area contributed by atoms with Crippen LogP contribution in [0, 0.1) is 0 Å². The molecule has 10 heteroatoms. The molecule has 1 aromatic carbocycles. The van der Waals surface area contributed by atoms with Crippen LogP contribution in [0.5, 0.6) is 5.88 Å². The summed E-state index contributed by atoms with van der Waals surface area (Å²) in [6.07, 6.45) is -0.565. The van der Waals surface area contributed by atoms with Gasteiger partial charge in [-0.25, -0.2) is 9.97 Å². The summed E-state index contributed by atoms with van der Waals surface area (Å²) < 4.78 is 5.25. The van der Waals surface area contributed by atoms with Gasteiger partial charge in [-0.2, -0.15) is 0 Å². The molecule has 1 fully saturated rings. The minimum absolute atomic E-state index is 0.0384. The number of thioether (sulfide) groups is 1. The number of aromatic nitrogens is 2. The van der Waals surface area contributed by atoms with Crippen molar-refractivity contribution in [2.24, 2.45) is 0 Å². The van der Waals surface area contributed by atoms with Gasteiger partial charge in [0.15, 0.2) is 0 Å². The van der Waals surface area contributed by atoms with Gasteiger partial charge in [-0.15, -0.1) is 11.8 Å². The van der Waals surface area contributed by atoms with Crippen LogP contribution < -0.4 is 15.4 Å². The van der Waals surface area contributed by atoms with Crippen molar-refractivity contribution in [2.45, 2.75) is 36.1 Å². The van der Waals surface area contributed by atoms with E-state index in [1.807, 2.05) is 36.4 Å². The maximum absolute atomic E-state index is 11.6. The fourth-order valence-electron chi connectivity index (χ4n) is 4.62. The highest BCUT2D eigenvalue weighted by atomic mass is 32.2. The number of fused-ring (bicyclic) bond motifs is 2. The molecule has 2 aliphatic rings. The maximum atomic E-state index is 11.6. The number of para-hydroxylation sites is 1. The van der Waals surface area contributed by atoms with Crippen molar-refractivity contribution < 1.29 is 19.7 Å². The lowest BCUT2D eigenvalue weighted by atomic mass is 9.99. The molecule has 35 heavy (non-hydrogen) atoms. The van der Waals surface area contributed by atoms with Crippen LogP contribution in [-0.4, -0.2) is 75.6 Å². The molecule has 5 rings (SSSR count). The van der Waals surface area contributed by atoms with Crippen LogP contribution in [-0.2, 0) is 11.3 Å². The lowest BCUT2D eigenvalue weighted by Gasteiger charge is -2.37. The lowest BCUT2D eigenvalue weighted by molar-refractivity contribution is -0.113. The number of ether oxygens (including phenoxy) is 1. The van der Waals surface area contributed by atoms with E-state index in [1.54, 1.807) is 13.2 Å². The number of carbonyl (C=O) groups excluding carboxylic acids is 1. The molecule has 4 N–H and O–H groups in total. The van der Waals surface area contributed by atoms with E-state index in [1.165, 1.54) is 11.8 Å². The van der Waals surface area contributed by atoms with E-state index < -0.39 is 12.2 Å². The fourth-order valence-corrected chi connectivity index (χ4v) is 5.37. The van der Waals surface area contributed by atoms with E-state index in [2.05, 4.69) is 25.5 Å². The van der Waals surface area contributed by atoms with Crippen molar-refractivity contribution in [3.05, 3.63) is 53.7 Å².